The molecule has 0 atom stereocenters. The Morgan fingerprint density at radius 2 is 1.15 bits per heavy atom. The first-order valence-corrected chi connectivity index (χ1v) is 18.2. The lowest BCUT2D eigenvalue weighted by atomic mass is 10.2. The summed E-state index contributed by atoms with van der Waals surface area (Å²) in [5, 5.41) is 16.5. The highest BCUT2D eigenvalue weighted by atomic mass is 32.1. The van der Waals surface area contributed by atoms with E-state index in [0.717, 1.165) is 84.9 Å². The maximum Gasteiger partial charge on any atom is 0.490 e. The van der Waals surface area contributed by atoms with Gasteiger partial charge >= 0.3 is 18.2 Å². The number of benzene rings is 2. The second-order valence-corrected chi connectivity index (χ2v) is 14.6. The van der Waals surface area contributed by atoms with Crippen LogP contribution < -0.4 is 5.32 Å². The van der Waals surface area contributed by atoms with Gasteiger partial charge in [0.2, 0.25) is 0 Å². The number of hydrogen-bond acceptors (Lipinski definition) is 10. The number of hydrogen-bond donors (Lipinski definition) is 2. The molecule has 2 aromatic heterocycles. The molecule has 52 heavy (non-hydrogen) atoms. The van der Waals surface area contributed by atoms with Gasteiger partial charge in [0, 0.05) is 87.3 Å². The number of piperazine rings is 2. The summed E-state index contributed by atoms with van der Waals surface area (Å²) in [4.78, 5) is 36.7. The number of amides is 1. The first-order valence-electron chi connectivity index (χ1n) is 16.4. The number of nitrogens with zero attached hydrogens (tertiary/aromatic N) is 5. The molecule has 0 spiro atoms. The highest BCUT2D eigenvalue weighted by Crippen LogP contribution is 2.26. The van der Waals surface area contributed by atoms with Gasteiger partial charge in [0.15, 0.2) is 0 Å². The van der Waals surface area contributed by atoms with Crippen molar-refractivity contribution in [1.82, 2.24) is 30.0 Å². The van der Waals surface area contributed by atoms with Crippen molar-refractivity contribution in [3.63, 3.8) is 0 Å². The Morgan fingerprint density at radius 1 is 0.750 bits per heavy atom. The highest BCUT2D eigenvalue weighted by molar-refractivity contribution is 7.13. The zero-order valence-electron chi connectivity index (χ0n) is 29.0. The molecule has 0 saturated carbocycles. The third kappa shape index (κ3) is 13.5. The van der Waals surface area contributed by atoms with E-state index < -0.39 is 17.7 Å². The molecule has 282 valence electrons. The Hall–Kier alpha value is -4.03. The van der Waals surface area contributed by atoms with E-state index in [-0.39, 0.29) is 17.7 Å². The number of nitrogens with one attached hydrogen (secondary N) is 1. The van der Waals surface area contributed by atoms with E-state index in [2.05, 4.69) is 30.5 Å². The zero-order valence-corrected chi connectivity index (χ0v) is 30.6. The minimum atomic E-state index is -5.08. The van der Waals surface area contributed by atoms with Crippen LogP contribution >= 0.6 is 22.7 Å². The number of carboxylic acid groups (broad SMARTS) is 1. The number of aliphatic carboxylic acids is 1. The average molecular weight is 769 g/mol. The number of aromatic nitrogens is 2. The van der Waals surface area contributed by atoms with Crippen LogP contribution in [0, 0.1) is 11.6 Å². The van der Waals surface area contributed by atoms with E-state index in [9.17, 15) is 26.7 Å². The molecule has 4 aromatic rings. The standard InChI is InChI=1S/C19H24FN3O2S.C14H16FN3S.C2HF3O2/c1-19(2,3)25-18(24)23-10-8-22(9-11-23)12-16-13-26-17(21-16)14-4-6-15(20)7-5-14;15-12-3-1-11(2-4-12)14-17-13(10-19-14)9-18-7-5-16-6-8-18;3-2(4,5)1(6)7/h4-7,13H,8-12H2,1-3H3;1-4,10,16H,5-9H2;(H,6,7). The molecular weight excluding hydrogens is 728 g/mol. The van der Waals surface area contributed by atoms with Crippen molar-refractivity contribution in [3.05, 3.63) is 82.3 Å². The summed E-state index contributed by atoms with van der Waals surface area (Å²) in [6.07, 6.45) is -5.33. The lowest BCUT2D eigenvalue weighted by Gasteiger charge is -2.35. The van der Waals surface area contributed by atoms with Crippen molar-refractivity contribution in [3.8, 4) is 21.1 Å². The lowest BCUT2D eigenvalue weighted by molar-refractivity contribution is -0.192. The first-order chi connectivity index (χ1) is 24.6. The van der Waals surface area contributed by atoms with E-state index in [1.165, 1.54) is 24.3 Å². The quantitative estimate of drug-likeness (QED) is 0.201. The van der Waals surface area contributed by atoms with Gasteiger partial charge in [0.25, 0.3) is 0 Å². The molecule has 1 amide bonds. The minimum absolute atomic E-state index is 0.207. The van der Waals surface area contributed by atoms with E-state index in [4.69, 9.17) is 14.6 Å². The average Bonchev–Trinajstić information content (AvgIpc) is 3.76. The monoisotopic (exact) mass is 768 g/mol. The van der Waals surface area contributed by atoms with Crippen LogP contribution in [0.15, 0.2) is 59.3 Å². The van der Waals surface area contributed by atoms with Gasteiger partial charge in [0.05, 0.1) is 11.4 Å². The van der Waals surface area contributed by atoms with Gasteiger partial charge in [-0.1, -0.05) is 0 Å². The topological polar surface area (TPSA) is 111 Å². The largest absolute Gasteiger partial charge is 0.490 e. The molecular formula is C35H41F5N6O4S2. The van der Waals surface area contributed by atoms with Crippen LogP contribution in [0.2, 0.25) is 0 Å². The molecule has 17 heteroatoms. The van der Waals surface area contributed by atoms with Gasteiger partial charge in [0.1, 0.15) is 27.3 Å². The van der Waals surface area contributed by atoms with Crippen LogP contribution in [0.3, 0.4) is 0 Å². The fourth-order valence-electron chi connectivity index (χ4n) is 4.95. The number of carbonyl (C=O) groups excluding carboxylic acids is 1. The number of thiazole rings is 2. The van der Waals surface area contributed by atoms with E-state index in [0.29, 0.717) is 13.1 Å². The Balaban J connectivity index is 0.000000203. The second kappa shape index (κ2) is 18.6. The maximum atomic E-state index is 13.0. The summed E-state index contributed by atoms with van der Waals surface area (Å²) in [5.74, 6) is -3.21. The van der Waals surface area contributed by atoms with Crippen LogP contribution in [-0.2, 0) is 22.6 Å². The van der Waals surface area contributed by atoms with Gasteiger partial charge in [-0.05, 0) is 69.3 Å². The number of carbonyl (C=O) groups is 2. The predicted octanol–water partition coefficient (Wildman–Crippen LogP) is 6.99. The Bertz CT molecular complexity index is 1710. The number of ether oxygens (including phenoxy) is 1. The fourth-order valence-corrected chi connectivity index (χ4v) is 6.59. The van der Waals surface area contributed by atoms with E-state index in [1.54, 1.807) is 51.8 Å². The molecule has 2 aliphatic heterocycles. The van der Waals surface area contributed by atoms with Crippen LogP contribution in [0.4, 0.5) is 26.7 Å². The Morgan fingerprint density at radius 3 is 1.54 bits per heavy atom. The van der Waals surface area contributed by atoms with Crippen molar-refractivity contribution in [2.45, 2.75) is 45.6 Å². The van der Waals surface area contributed by atoms with Gasteiger partial charge in [-0.3, -0.25) is 9.80 Å². The first kappa shape index (κ1) is 40.7. The van der Waals surface area contributed by atoms with Crippen molar-refractivity contribution >= 4 is 34.7 Å². The molecule has 4 heterocycles. The SMILES string of the molecule is CC(C)(C)OC(=O)N1CCN(Cc2csc(-c3ccc(F)cc3)n2)CC1.Fc1ccc(-c2nc(CN3CCNCC3)cs2)cc1.O=C(O)C(F)(F)F. The smallest absolute Gasteiger partial charge is 0.475 e. The number of carboxylic acids is 1. The van der Waals surface area contributed by atoms with Crippen LogP contribution in [0.5, 0.6) is 0 Å². The number of alkyl halides is 3. The molecule has 10 nitrogen and oxygen atoms in total. The summed E-state index contributed by atoms with van der Waals surface area (Å²) in [5.41, 5.74) is 3.55. The summed E-state index contributed by atoms with van der Waals surface area (Å²) in [7, 11) is 0. The Labute approximate surface area is 306 Å². The van der Waals surface area contributed by atoms with Gasteiger partial charge < -0.3 is 20.1 Å². The van der Waals surface area contributed by atoms with Crippen molar-refractivity contribution in [2.75, 3.05) is 52.4 Å². The second-order valence-electron chi connectivity index (χ2n) is 12.9. The third-order valence-electron chi connectivity index (χ3n) is 7.53. The van der Waals surface area contributed by atoms with Crippen molar-refractivity contribution in [2.24, 2.45) is 0 Å². The molecule has 2 aromatic carbocycles. The molecule has 2 aliphatic rings. The van der Waals surface area contributed by atoms with E-state index in [1.807, 2.05) is 26.2 Å². The molecule has 0 unspecified atom stereocenters. The highest BCUT2D eigenvalue weighted by Gasteiger charge is 2.38. The molecule has 2 fully saturated rings. The molecule has 0 aliphatic carbocycles. The van der Waals surface area contributed by atoms with Crippen LogP contribution in [0.1, 0.15) is 32.2 Å². The normalized spacial score (nSPS) is 15.6. The van der Waals surface area contributed by atoms with Crippen LogP contribution in [-0.4, -0.2) is 106 Å². The summed E-state index contributed by atoms with van der Waals surface area (Å²) in [6, 6.07) is 12.9. The predicted molar refractivity (Wildman–Crippen MR) is 190 cm³/mol. The van der Waals surface area contributed by atoms with Crippen LogP contribution in [0.25, 0.3) is 21.1 Å². The van der Waals surface area contributed by atoms with E-state index >= 15 is 0 Å². The Kier molecular flexibility index (Phi) is 14.6. The van der Waals surface area contributed by atoms with Gasteiger partial charge in [-0.2, -0.15) is 13.2 Å². The summed E-state index contributed by atoms with van der Waals surface area (Å²) < 4.78 is 63.1. The summed E-state index contributed by atoms with van der Waals surface area (Å²) in [6.45, 7) is 14.4. The maximum absolute atomic E-state index is 13.0. The molecule has 0 bridgehead atoms. The fraction of sp³-hybridized carbons (Fsp3) is 0.429. The van der Waals surface area contributed by atoms with Gasteiger partial charge in [-0.15, -0.1) is 22.7 Å². The molecule has 0 radical (unpaired) electrons. The molecule has 2 N–H and O–H groups in total. The molecule has 2 saturated heterocycles. The third-order valence-corrected chi connectivity index (χ3v) is 9.41. The molecule has 6 rings (SSSR count). The van der Waals surface area contributed by atoms with Crippen molar-refractivity contribution < 1.29 is 41.4 Å². The summed E-state index contributed by atoms with van der Waals surface area (Å²) >= 11 is 3.19. The lowest BCUT2D eigenvalue weighted by Crippen LogP contribution is -2.49. The number of halogens is 5. The minimum Gasteiger partial charge on any atom is -0.475 e. The van der Waals surface area contributed by atoms with Gasteiger partial charge in [-0.25, -0.2) is 28.3 Å². The van der Waals surface area contributed by atoms with Crippen molar-refractivity contribution in [1.29, 1.82) is 0 Å². The zero-order chi connectivity index (χ0) is 37.9. The number of rotatable bonds is 6.